The average Bonchev–Trinajstić information content (AvgIpc) is 3.53. The predicted molar refractivity (Wildman–Crippen MR) is 96.4 cm³/mol. The lowest BCUT2D eigenvalue weighted by Crippen LogP contribution is -2.49. The lowest BCUT2D eigenvalue weighted by molar-refractivity contribution is -0.137. The maximum absolute atomic E-state index is 12.9. The van der Waals surface area contributed by atoms with Gasteiger partial charge in [0.05, 0.1) is 16.2 Å². The Bertz CT molecular complexity index is 952. The second-order valence-electron chi connectivity index (χ2n) is 7.01. The van der Waals surface area contributed by atoms with Gasteiger partial charge in [-0.2, -0.15) is 22.6 Å². The van der Waals surface area contributed by atoms with E-state index in [1.165, 1.54) is 10.4 Å². The van der Waals surface area contributed by atoms with E-state index in [1.54, 1.807) is 0 Å². The predicted octanol–water partition coefficient (Wildman–Crippen LogP) is 2.88. The zero-order chi connectivity index (χ0) is 19.9. The fourth-order valence-electron chi connectivity index (χ4n) is 3.24. The number of hydrogen-bond donors (Lipinski definition) is 0. The molecule has 1 saturated heterocycles. The number of sulfonamides is 1. The van der Waals surface area contributed by atoms with Crippen molar-refractivity contribution in [3.05, 3.63) is 47.7 Å². The van der Waals surface area contributed by atoms with E-state index < -0.39 is 21.8 Å². The lowest BCUT2D eigenvalue weighted by Gasteiger charge is -2.34. The first-order valence-electron chi connectivity index (χ1n) is 9.01. The molecule has 150 valence electrons. The number of halogens is 3. The van der Waals surface area contributed by atoms with Crippen LogP contribution >= 0.6 is 0 Å². The van der Waals surface area contributed by atoms with Gasteiger partial charge in [0.25, 0.3) is 0 Å². The molecule has 0 spiro atoms. The number of alkyl halides is 3. The van der Waals surface area contributed by atoms with Crippen LogP contribution in [0.5, 0.6) is 0 Å². The Kier molecular flexibility index (Phi) is 4.78. The summed E-state index contributed by atoms with van der Waals surface area (Å²) in [5, 5.41) is 8.46. The van der Waals surface area contributed by atoms with Gasteiger partial charge in [0.2, 0.25) is 10.0 Å². The van der Waals surface area contributed by atoms with E-state index in [1.807, 2.05) is 17.0 Å². The molecule has 2 heterocycles. The molecule has 1 aromatic carbocycles. The molecule has 0 amide bonds. The Balaban J connectivity index is 1.45. The van der Waals surface area contributed by atoms with Gasteiger partial charge < -0.3 is 4.90 Å². The fourth-order valence-corrected chi connectivity index (χ4v) is 4.71. The molecule has 6 nitrogen and oxygen atoms in total. The quantitative estimate of drug-likeness (QED) is 0.773. The maximum Gasteiger partial charge on any atom is 0.416 e. The van der Waals surface area contributed by atoms with Crippen LogP contribution in [0.4, 0.5) is 19.0 Å². The third-order valence-corrected chi connectivity index (χ3v) is 6.92. The van der Waals surface area contributed by atoms with Crippen LogP contribution in [-0.2, 0) is 16.2 Å². The van der Waals surface area contributed by atoms with Gasteiger partial charge >= 0.3 is 6.18 Å². The number of aromatic nitrogens is 2. The van der Waals surface area contributed by atoms with Crippen molar-refractivity contribution >= 4 is 15.8 Å². The van der Waals surface area contributed by atoms with Gasteiger partial charge in [-0.3, -0.25) is 0 Å². The number of rotatable bonds is 4. The molecule has 1 aliphatic carbocycles. The van der Waals surface area contributed by atoms with Crippen LogP contribution < -0.4 is 4.90 Å². The van der Waals surface area contributed by atoms with Crippen LogP contribution in [0.3, 0.4) is 0 Å². The van der Waals surface area contributed by atoms with Crippen LogP contribution in [0.15, 0.2) is 41.3 Å². The van der Waals surface area contributed by atoms with Crippen molar-refractivity contribution in [3.8, 4) is 0 Å². The summed E-state index contributed by atoms with van der Waals surface area (Å²) < 4.78 is 65.4. The van der Waals surface area contributed by atoms with Gasteiger partial charge in [-0.15, -0.1) is 5.10 Å². The Morgan fingerprint density at radius 1 is 0.964 bits per heavy atom. The highest BCUT2D eigenvalue weighted by Gasteiger charge is 2.34. The summed E-state index contributed by atoms with van der Waals surface area (Å²) in [5.41, 5.74) is 0.00717. The number of anilines is 1. The summed E-state index contributed by atoms with van der Waals surface area (Å²) in [7, 11) is -3.99. The van der Waals surface area contributed by atoms with E-state index in [2.05, 4.69) is 10.2 Å². The summed E-state index contributed by atoms with van der Waals surface area (Å²) >= 11 is 0. The largest absolute Gasteiger partial charge is 0.416 e. The van der Waals surface area contributed by atoms with Gasteiger partial charge in [0.15, 0.2) is 5.82 Å². The second-order valence-corrected chi connectivity index (χ2v) is 8.95. The molecule has 1 aliphatic heterocycles. The minimum absolute atomic E-state index is 0.171. The number of piperazine rings is 1. The van der Waals surface area contributed by atoms with E-state index in [-0.39, 0.29) is 18.0 Å². The standard InChI is InChI=1S/C18H19F3N4O2S/c19-18(20,21)14-2-1-3-15(12-14)28(26,27)25-10-8-24(9-11-25)17-7-6-16(22-23-17)13-4-5-13/h1-3,6-7,12-13H,4-5,8-11H2. The molecule has 2 aliphatic rings. The molecule has 1 saturated carbocycles. The van der Waals surface area contributed by atoms with Crippen molar-refractivity contribution in [2.75, 3.05) is 31.1 Å². The Labute approximate surface area is 161 Å². The van der Waals surface area contributed by atoms with E-state index in [0.717, 1.165) is 30.7 Å². The molecule has 0 bridgehead atoms. The summed E-state index contributed by atoms with van der Waals surface area (Å²) in [5.74, 6) is 1.19. The van der Waals surface area contributed by atoms with Crippen molar-refractivity contribution in [2.24, 2.45) is 0 Å². The van der Waals surface area contributed by atoms with Gasteiger partial charge in [0.1, 0.15) is 0 Å². The smallest absolute Gasteiger partial charge is 0.352 e. The molecule has 2 fully saturated rings. The van der Waals surface area contributed by atoms with Crippen LogP contribution in [0.2, 0.25) is 0 Å². The van der Waals surface area contributed by atoms with Crippen molar-refractivity contribution in [1.82, 2.24) is 14.5 Å². The normalized spacial score (nSPS) is 19.0. The summed E-state index contributed by atoms with van der Waals surface area (Å²) in [6.45, 7) is 1.14. The molecule has 2 aromatic rings. The van der Waals surface area contributed by atoms with Crippen LogP contribution in [-0.4, -0.2) is 49.1 Å². The Morgan fingerprint density at radius 3 is 2.25 bits per heavy atom. The SMILES string of the molecule is O=S(=O)(c1cccc(C(F)(F)F)c1)N1CCN(c2ccc(C3CC3)nn2)CC1. The van der Waals surface area contributed by atoms with Crippen molar-refractivity contribution in [3.63, 3.8) is 0 Å². The fraction of sp³-hybridized carbons (Fsp3) is 0.444. The zero-order valence-corrected chi connectivity index (χ0v) is 15.7. The van der Waals surface area contributed by atoms with E-state index in [0.29, 0.717) is 30.9 Å². The Hall–Kier alpha value is -2.20. The Morgan fingerprint density at radius 2 is 1.68 bits per heavy atom. The molecule has 28 heavy (non-hydrogen) atoms. The number of nitrogens with zero attached hydrogens (tertiary/aromatic N) is 4. The van der Waals surface area contributed by atoms with Gasteiger partial charge in [-0.05, 0) is 43.2 Å². The van der Waals surface area contributed by atoms with Gasteiger partial charge in [-0.1, -0.05) is 6.07 Å². The molecular weight excluding hydrogens is 393 g/mol. The van der Waals surface area contributed by atoms with Crippen LogP contribution in [0.1, 0.15) is 30.0 Å². The highest BCUT2D eigenvalue weighted by molar-refractivity contribution is 7.89. The minimum atomic E-state index is -4.59. The number of benzene rings is 1. The highest BCUT2D eigenvalue weighted by atomic mass is 32.2. The molecule has 0 unspecified atom stereocenters. The second kappa shape index (κ2) is 7.00. The highest BCUT2D eigenvalue weighted by Crippen LogP contribution is 2.38. The molecule has 0 N–H and O–H groups in total. The summed E-state index contributed by atoms with van der Waals surface area (Å²) in [4.78, 5) is 1.59. The minimum Gasteiger partial charge on any atom is -0.352 e. The molecule has 1 aromatic heterocycles. The first-order valence-corrected chi connectivity index (χ1v) is 10.4. The maximum atomic E-state index is 12.9. The summed E-state index contributed by atoms with van der Waals surface area (Å²) in [6.07, 6.45) is -2.31. The summed E-state index contributed by atoms with van der Waals surface area (Å²) in [6, 6.07) is 7.69. The average molecular weight is 412 g/mol. The van der Waals surface area contributed by atoms with Gasteiger partial charge in [0, 0.05) is 32.1 Å². The molecular formula is C18H19F3N4O2S. The molecule has 0 radical (unpaired) electrons. The molecule has 0 atom stereocenters. The zero-order valence-electron chi connectivity index (χ0n) is 14.9. The number of hydrogen-bond acceptors (Lipinski definition) is 5. The lowest BCUT2D eigenvalue weighted by atomic mass is 10.2. The van der Waals surface area contributed by atoms with Crippen molar-refractivity contribution in [2.45, 2.75) is 29.8 Å². The molecule has 10 heteroatoms. The molecule has 4 rings (SSSR count). The van der Waals surface area contributed by atoms with E-state index >= 15 is 0 Å². The first-order chi connectivity index (χ1) is 13.2. The van der Waals surface area contributed by atoms with Crippen LogP contribution in [0.25, 0.3) is 0 Å². The van der Waals surface area contributed by atoms with Gasteiger partial charge in [-0.25, -0.2) is 8.42 Å². The topological polar surface area (TPSA) is 66.4 Å². The monoisotopic (exact) mass is 412 g/mol. The third-order valence-electron chi connectivity index (χ3n) is 5.03. The van der Waals surface area contributed by atoms with E-state index in [9.17, 15) is 21.6 Å². The van der Waals surface area contributed by atoms with Crippen molar-refractivity contribution in [1.29, 1.82) is 0 Å². The van der Waals surface area contributed by atoms with E-state index in [4.69, 9.17) is 0 Å². The van der Waals surface area contributed by atoms with Crippen LogP contribution in [0, 0.1) is 0 Å². The third kappa shape index (κ3) is 3.83. The van der Waals surface area contributed by atoms with Crippen molar-refractivity contribution < 1.29 is 21.6 Å². The first kappa shape index (κ1) is 19.1.